The van der Waals surface area contributed by atoms with Crippen molar-refractivity contribution < 1.29 is 9.53 Å². The molecule has 0 spiro atoms. The zero-order valence-electron chi connectivity index (χ0n) is 14.8. The smallest absolute Gasteiger partial charge is 0.270 e. The number of amides is 1. The van der Waals surface area contributed by atoms with E-state index in [0.717, 1.165) is 22.7 Å². The molecule has 0 saturated heterocycles. The molecule has 0 aliphatic heterocycles. The summed E-state index contributed by atoms with van der Waals surface area (Å²) in [6, 6.07) is 19.2. The van der Waals surface area contributed by atoms with Gasteiger partial charge >= 0.3 is 0 Å². The fourth-order valence-corrected chi connectivity index (χ4v) is 2.45. The molecule has 3 rings (SSSR count). The van der Waals surface area contributed by atoms with Crippen LogP contribution in [0.2, 0.25) is 0 Å². The van der Waals surface area contributed by atoms with Crippen molar-refractivity contribution in [2.75, 3.05) is 12.4 Å². The highest BCUT2D eigenvalue weighted by Gasteiger charge is 2.08. The zero-order chi connectivity index (χ0) is 18.4. The maximum atomic E-state index is 12.4. The molecule has 5 nitrogen and oxygen atoms in total. The predicted octanol–water partition coefficient (Wildman–Crippen LogP) is 4.07. The van der Waals surface area contributed by atoms with Crippen molar-refractivity contribution in [1.82, 2.24) is 10.3 Å². The normalized spacial score (nSPS) is 10.2. The quantitative estimate of drug-likeness (QED) is 0.705. The van der Waals surface area contributed by atoms with Crippen molar-refractivity contribution in [1.29, 1.82) is 0 Å². The summed E-state index contributed by atoms with van der Waals surface area (Å²) in [4.78, 5) is 16.5. The van der Waals surface area contributed by atoms with Gasteiger partial charge in [-0.3, -0.25) is 9.78 Å². The highest BCUT2D eigenvalue weighted by Crippen LogP contribution is 2.20. The summed E-state index contributed by atoms with van der Waals surface area (Å²) in [6.45, 7) is 2.50. The lowest BCUT2D eigenvalue weighted by atomic mass is 10.1. The minimum atomic E-state index is -0.205. The Kier molecular flexibility index (Phi) is 5.49. The van der Waals surface area contributed by atoms with E-state index in [1.54, 1.807) is 19.4 Å². The Morgan fingerprint density at radius 2 is 1.73 bits per heavy atom. The maximum absolute atomic E-state index is 12.4. The van der Waals surface area contributed by atoms with Crippen molar-refractivity contribution in [3.63, 3.8) is 0 Å². The summed E-state index contributed by atoms with van der Waals surface area (Å²) in [7, 11) is 1.63. The van der Waals surface area contributed by atoms with Gasteiger partial charge in [0.25, 0.3) is 5.91 Å². The number of aromatic nitrogens is 1. The Morgan fingerprint density at radius 1 is 1.00 bits per heavy atom. The number of hydrogen-bond acceptors (Lipinski definition) is 4. The third-order valence-electron chi connectivity index (χ3n) is 3.94. The third kappa shape index (κ3) is 4.60. The second kappa shape index (κ2) is 8.16. The summed E-state index contributed by atoms with van der Waals surface area (Å²) in [5.74, 6) is 0.588. The lowest BCUT2D eigenvalue weighted by molar-refractivity contribution is 0.0946. The number of anilines is 2. The number of nitrogens with zero attached hydrogens (tertiary/aromatic N) is 1. The molecule has 0 unspecified atom stereocenters. The van der Waals surface area contributed by atoms with Crippen LogP contribution in [-0.2, 0) is 6.54 Å². The lowest BCUT2D eigenvalue weighted by Crippen LogP contribution is -2.23. The van der Waals surface area contributed by atoms with E-state index in [2.05, 4.69) is 15.6 Å². The molecule has 0 atom stereocenters. The number of carbonyl (C=O) groups excluding carboxylic acids is 1. The number of aryl methyl sites for hydroxylation is 1. The molecule has 5 heteroatoms. The topological polar surface area (TPSA) is 63.2 Å². The van der Waals surface area contributed by atoms with E-state index in [4.69, 9.17) is 4.74 Å². The van der Waals surface area contributed by atoms with Crippen LogP contribution in [0.4, 0.5) is 11.4 Å². The van der Waals surface area contributed by atoms with Gasteiger partial charge in [-0.2, -0.15) is 0 Å². The van der Waals surface area contributed by atoms with Crippen LogP contribution in [0.15, 0.2) is 66.9 Å². The molecular formula is C21H21N3O2. The van der Waals surface area contributed by atoms with E-state index in [-0.39, 0.29) is 5.91 Å². The van der Waals surface area contributed by atoms with Crippen molar-refractivity contribution in [3.8, 4) is 5.75 Å². The van der Waals surface area contributed by atoms with Crippen molar-refractivity contribution in [2.24, 2.45) is 0 Å². The number of carbonyl (C=O) groups is 1. The van der Waals surface area contributed by atoms with Crippen LogP contribution in [0.25, 0.3) is 0 Å². The first-order valence-corrected chi connectivity index (χ1v) is 8.35. The fourth-order valence-electron chi connectivity index (χ4n) is 2.45. The molecular weight excluding hydrogens is 326 g/mol. The molecule has 0 aliphatic rings. The molecule has 0 aliphatic carbocycles. The van der Waals surface area contributed by atoms with Crippen molar-refractivity contribution in [3.05, 3.63) is 83.7 Å². The van der Waals surface area contributed by atoms with Crippen LogP contribution in [-0.4, -0.2) is 18.0 Å². The first-order chi connectivity index (χ1) is 12.6. The largest absolute Gasteiger partial charge is 0.497 e. The average Bonchev–Trinajstić information content (AvgIpc) is 2.68. The van der Waals surface area contributed by atoms with Gasteiger partial charge in [0.2, 0.25) is 0 Å². The average molecular weight is 347 g/mol. The molecule has 26 heavy (non-hydrogen) atoms. The number of nitrogens with one attached hydrogen (secondary N) is 2. The highest BCUT2D eigenvalue weighted by molar-refractivity contribution is 5.93. The molecule has 1 aromatic heterocycles. The zero-order valence-corrected chi connectivity index (χ0v) is 14.8. The van der Waals surface area contributed by atoms with Gasteiger partial charge in [0, 0.05) is 24.1 Å². The first kappa shape index (κ1) is 17.5. The third-order valence-corrected chi connectivity index (χ3v) is 3.94. The van der Waals surface area contributed by atoms with Gasteiger partial charge in [-0.25, -0.2) is 0 Å². The molecule has 3 aromatic rings. The molecule has 1 amide bonds. The molecule has 1 heterocycles. The summed E-state index contributed by atoms with van der Waals surface area (Å²) >= 11 is 0. The number of methoxy groups -OCH3 is 1. The number of benzene rings is 2. The highest BCUT2D eigenvalue weighted by atomic mass is 16.5. The molecule has 132 valence electrons. The van der Waals surface area contributed by atoms with Gasteiger partial charge < -0.3 is 15.4 Å². The Bertz CT molecular complexity index is 875. The monoisotopic (exact) mass is 347 g/mol. The first-order valence-electron chi connectivity index (χ1n) is 8.35. The number of ether oxygens (including phenoxy) is 1. The van der Waals surface area contributed by atoms with Crippen LogP contribution < -0.4 is 15.4 Å². The number of pyridine rings is 1. The van der Waals surface area contributed by atoms with Crippen LogP contribution >= 0.6 is 0 Å². The second-order valence-electron chi connectivity index (χ2n) is 5.95. The fraction of sp³-hybridized carbons (Fsp3) is 0.143. The Morgan fingerprint density at radius 3 is 2.42 bits per heavy atom. The summed E-state index contributed by atoms with van der Waals surface area (Å²) < 4.78 is 5.15. The minimum absolute atomic E-state index is 0.205. The van der Waals surface area contributed by atoms with Gasteiger partial charge in [0.05, 0.1) is 7.11 Å². The van der Waals surface area contributed by atoms with E-state index in [1.165, 1.54) is 5.56 Å². The van der Waals surface area contributed by atoms with E-state index in [9.17, 15) is 4.79 Å². The van der Waals surface area contributed by atoms with Crippen LogP contribution in [0.3, 0.4) is 0 Å². The minimum Gasteiger partial charge on any atom is -0.497 e. The van der Waals surface area contributed by atoms with E-state index in [0.29, 0.717) is 12.2 Å². The number of rotatable bonds is 6. The van der Waals surface area contributed by atoms with Crippen LogP contribution in [0.5, 0.6) is 5.75 Å². The summed E-state index contributed by atoms with van der Waals surface area (Å²) in [5, 5.41) is 6.15. The van der Waals surface area contributed by atoms with Gasteiger partial charge in [-0.05, 0) is 48.9 Å². The van der Waals surface area contributed by atoms with Gasteiger partial charge in [0.1, 0.15) is 11.4 Å². The van der Waals surface area contributed by atoms with Crippen molar-refractivity contribution >= 4 is 17.3 Å². The van der Waals surface area contributed by atoms with E-state index < -0.39 is 0 Å². The van der Waals surface area contributed by atoms with Crippen molar-refractivity contribution in [2.45, 2.75) is 13.5 Å². The maximum Gasteiger partial charge on any atom is 0.270 e. The lowest BCUT2D eigenvalue weighted by Gasteiger charge is -2.09. The molecule has 0 fully saturated rings. The SMILES string of the molecule is COc1ccc(Nc2ccnc(C(=O)NCc3ccc(C)cc3)c2)cc1. The molecule has 0 bridgehead atoms. The number of hydrogen-bond donors (Lipinski definition) is 2. The Balaban J connectivity index is 1.63. The second-order valence-corrected chi connectivity index (χ2v) is 5.95. The summed E-state index contributed by atoms with van der Waals surface area (Å²) in [5.41, 5.74) is 4.32. The summed E-state index contributed by atoms with van der Waals surface area (Å²) in [6.07, 6.45) is 1.62. The molecule has 0 radical (unpaired) electrons. The Labute approximate surface area is 153 Å². The van der Waals surface area contributed by atoms with Gasteiger partial charge in [-0.15, -0.1) is 0 Å². The van der Waals surface area contributed by atoms with E-state index >= 15 is 0 Å². The van der Waals surface area contributed by atoms with Crippen LogP contribution in [0.1, 0.15) is 21.6 Å². The van der Waals surface area contributed by atoms with Gasteiger partial charge in [-0.1, -0.05) is 29.8 Å². The van der Waals surface area contributed by atoms with Crippen LogP contribution in [0, 0.1) is 6.92 Å². The molecule has 2 N–H and O–H groups in total. The molecule has 2 aromatic carbocycles. The van der Waals surface area contributed by atoms with E-state index in [1.807, 2.05) is 61.5 Å². The van der Waals surface area contributed by atoms with Gasteiger partial charge in [0.15, 0.2) is 0 Å². The standard InChI is InChI=1S/C21H21N3O2/c1-15-3-5-16(6-4-15)14-23-21(25)20-13-18(11-12-22-20)24-17-7-9-19(26-2)10-8-17/h3-13H,14H2,1-2H3,(H,22,24)(H,23,25). The molecule has 0 saturated carbocycles. The predicted molar refractivity (Wildman–Crippen MR) is 103 cm³/mol. The Hall–Kier alpha value is -3.34.